The molecule has 40 nitrogen and oxygen atoms in total. The summed E-state index contributed by atoms with van der Waals surface area (Å²) in [5.41, 5.74) is 4.56. The molecule has 10 heterocycles. The van der Waals surface area contributed by atoms with Gasteiger partial charge >= 0.3 is 54.7 Å². The number of hydrogen-bond acceptors (Lipinski definition) is 30. The van der Waals surface area contributed by atoms with Gasteiger partial charge in [-0.15, -0.1) is 5.92 Å². The Bertz CT molecular complexity index is 4620. The Morgan fingerprint density at radius 2 is 0.933 bits per heavy atom. The molecule has 0 fully saturated rings. The van der Waals surface area contributed by atoms with E-state index in [4.69, 9.17) is 6.57 Å². The zero-order valence-electron chi connectivity index (χ0n) is 57.6. The van der Waals surface area contributed by atoms with E-state index in [2.05, 4.69) is 72.9 Å². The predicted molar refractivity (Wildman–Crippen MR) is 395 cm³/mol. The molecule has 0 atom stereocenters. The van der Waals surface area contributed by atoms with Crippen LogP contribution in [0.5, 0.6) is 0 Å². The van der Waals surface area contributed by atoms with Gasteiger partial charge in [0.2, 0.25) is 4.60 Å². The molecule has 0 unspecified atom stereocenters. The van der Waals surface area contributed by atoms with Crippen LogP contribution < -0.4 is 0 Å². The molecule has 0 bridgehead atoms. The summed E-state index contributed by atoms with van der Waals surface area (Å²) in [6, 6.07) is 13.0. The highest BCUT2D eigenvalue weighted by atomic mass is 79.9. The summed E-state index contributed by atoms with van der Waals surface area (Å²) in [5, 5.41) is 103. The molecule has 0 saturated carbocycles. The van der Waals surface area contributed by atoms with Gasteiger partial charge in [-0.2, -0.15) is 0 Å². The third kappa shape index (κ3) is 29.3. The van der Waals surface area contributed by atoms with E-state index in [0.29, 0.717) is 26.9 Å². The third-order valence-corrected chi connectivity index (χ3v) is 18.8. The number of thiophene rings is 5. The van der Waals surface area contributed by atoms with Crippen LogP contribution >= 0.6 is 88.5 Å². The zero-order valence-corrected chi connectivity index (χ0v) is 64.9. The highest BCUT2D eigenvalue weighted by molar-refractivity contribution is 9.10. The number of aromatic nitrogens is 8. The molecule has 10 rings (SSSR count). The SMILES string of the molecule is CC#Cc1cc(C)sc1[N+](=O)[O-].CCCn1c(C)cnc1[N+](=O)[O-].Cc1c(Br)nc([N+](=O)[O-])n1C.Cc1cc(Br)c([N+](=O)[O-])s1.Cc1cc(C)c([N+](=O)[O-])s1.Cc1ccc([N+](=O)[O-])o1.Cc1ccc([N+](=O)[O-])s1.Cc1cnc([N+](=O)[O-])n1C.Cc1cnc([N+](=O)[O-])n1C.[C-]#[N+]c1cc(C)sc1[N+](=O)[O-]. The van der Waals surface area contributed by atoms with Crippen molar-refractivity contribution >= 4 is 149 Å². The molecule has 0 aliphatic rings. The van der Waals surface area contributed by atoms with E-state index in [1.165, 1.54) is 84.5 Å². The van der Waals surface area contributed by atoms with Crippen LogP contribution in [0.2, 0.25) is 0 Å². The maximum Gasteiger partial charge on any atom is 0.435 e. The van der Waals surface area contributed by atoms with Crippen molar-refractivity contribution in [3.8, 4) is 11.8 Å². The van der Waals surface area contributed by atoms with E-state index >= 15 is 0 Å². The molecule has 0 aromatic carbocycles. The van der Waals surface area contributed by atoms with E-state index in [0.717, 1.165) is 81.8 Å². The lowest BCUT2D eigenvalue weighted by atomic mass is 10.3. The number of rotatable bonds is 12. The van der Waals surface area contributed by atoms with E-state index < -0.39 is 34.5 Å². The van der Waals surface area contributed by atoms with Crippen LogP contribution in [0.3, 0.4) is 0 Å². The maximum absolute atomic E-state index is 10.5. The number of furan rings is 1. The van der Waals surface area contributed by atoms with Crippen LogP contribution in [-0.4, -0.2) is 87.4 Å². The van der Waals surface area contributed by atoms with E-state index in [9.17, 15) is 101 Å². The summed E-state index contributed by atoms with van der Waals surface area (Å²) in [6.07, 6.45) is 5.34. The van der Waals surface area contributed by atoms with Crippen LogP contribution in [0, 0.1) is 196 Å². The van der Waals surface area contributed by atoms with Crippen LogP contribution in [0.1, 0.15) is 84.3 Å². The van der Waals surface area contributed by atoms with Crippen LogP contribution in [0.25, 0.3) is 4.85 Å². The van der Waals surface area contributed by atoms with Crippen molar-refractivity contribution in [2.24, 2.45) is 21.1 Å². The van der Waals surface area contributed by atoms with E-state index in [1.54, 1.807) is 98.4 Å². The first-order valence-corrected chi connectivity index (χ1v) is 34.1. The lowest BCUT2D eigenvalue weighted by molar-refractivity contribution is -0.402. The Hall–Kier alpha value is -11.4. The molecule has 104 heavy (non-hydrogen) atoms. The Morgan fingerprint density at radius 3 is 1.20 bits per heavy atom. The van der Waals surface area contributed by atoms with Gasteiger partial charge in [-0.05, 0) is 182 Å². The Morgan fingerprint density at radius 1 is 0.490 bits per heavy atom. The lowest BCUT2D eigenvalue weighted by Gasteiger charge is -1.99. The molecule has 556 valence electrons. The van der Waals surface area contributed by atoms with Crippen LogP contribution in [0.4, 0.5) is 60.4 Å². The highest BCUT2D eigenvalue weighted by Gasteiger charge is 2.22. The molecule has 0 aliphatic heterocycles. The Balaban J connectivity index is 0.000000578. The number of nitrogens with zero attached hydrogens (tertiary/aromatic N) is 19. The summed E-state index contributed by atoms with van der Waals surface area (Å²) in [4.78, 5) is 120. The second-order valence-electron chi connectivity index (χ2n) is 20.0. The fourth-order valence-corrected chi connectivity index (χ4v) is 12.2. The monoisotopic (exact) mass is 1670 g/mol. The van der Waals surface area contributed by atoms with Crippen molar-refractivity contribution in [3.05, 3.63) is 253 Å². The molecule has 0 spiro atoms. The second-order valence-corrected chi connectivity index (χ2v) is 27.8. The minimum Gasteiger partial charge on any atom is -0.406 e. The van der Waals surface area contributed by atoms with Gasteiger partial charge in [0, 0.05) is 31.1 Å². The van der Waals surface area contributed by atoms with Crippen molar-refractivity contribution in [2.45, 2.75) is 103 Å². The molecule has 0 saturated heterocycles. The number of hydrogen-bond donors (Lipinski definition) is 0. The average Bonchev–Trinajstić information content (AvgIpc) is 1.70. The highest BCUT2D eigenvalue weighted by Crippen LogP contribution is 2.37. The Kier molecular flexibility index (Phi) is 37.9. The molecule has 0 N–H and O–H groups in total. The van der Waals surface area contributed by atoms with Gasteiger partial charge in [-0.1, -0.05) is 89.5 Å². The van der Waals surface area contributed by atoms with E-state index in [-0.39, 0.29) is 75.1 Å². The van der Waals surface area contributed by atoms with Gasteiger partial charge in [0.25, 0.3) is 5.69 Å². The van der Waals surface area contributed by atoms with E-state index in [1.807, 2.05) is 47.6 Å². The minimum absolute atomic E-state index is 0.0579. The summed E-state index contributed by atoms with van der Waals surface area (Å²) in [7, 11) is 4.83. The van der Waals surface area contributed by atoms with Crippen LogP contribution in [0.15, 0.2) is 80.6 Å². The van der Waals surface area contributed by atoms with Gasteiger partial charge in [0.1, 0.15) is 62.1 Å². The normalized spacial score (nSPS) is 9.62. The van der Waals surface area contributed by atoms with Gasteiger partial charge in [-0.3, -0.25) is 60.7 Å². The standard InChI is InChI=1S/C8H7NO2S.C7H11N3O2.C6H4N2O2S.C6H7NO2S.C5H6BrN3O2.C5H4BrNO2S.2C5H7N3O2.C5H5NO3.C5H5NO2S/c1-3-4-7-5-6(2)12-8(7)9(10)11;1-3-4-9-6(2)5-8-7(9)10(11)12;1-4-3-5(7-2)6(11-4)8(9)10;1-4-3-5(2)10-6(4)7(8)9;1-3-4(6)7-5(8(3)2)9(10)11;1-3-2-4(6)5(10-3)7(8)9;2*1-4-3-6-5(7(4)2)8(9)10;2*1-4-2-3-5(9-4)6(7)8/h5H,1-2H3;5H,3-4H2,1-2H3;3H,1H3;3H,1-2H3;1-2H3;2H,1H3;2*3H,1-2H3;2*2-3H,1H3. The first-order valence-electron chi connectivity index (χ1n) is 28.5. The maximum atomic E-state index is 10.5. The Labute approximate surface area is 625 Å². The van der Waals surface area contributed by atoms with Crippen molar-refractivity contribution in [2.75, 3.05) is 0 Å². The van der Waals surface area contributed by atoms with Crippen molar-refractivity contribution in [1.82, 2.24) is 38.2 Å². The fourth-order valence-electron chi connectivity index (χ4n) is 7.10. The number of aryl methyl sites for hydroxylation is 10. The second kappa shape index (κ2) is 43.4. The molecule has 10 aromatic rings. The predicted octanol–water partition coefficient (Wildman–Crippen LogP) is 17.5. The smallest absolute Gasteiger partial charge is 0.406 e. The van der Waals surface area contributed by atoms with Gasteiger partial charge in [0.15, 0.2) is 0 Å². The molecule has 0 radical (unpaired) electrons. The molecule has 0 aliphatic carbocycles. The summed E-state index contributed by atoms with van der Waals surface area (Å²) < 4.78 is 11.6. The van der Waals surface area contributed by atoms with Crippen molar-refractivity contribution < 1.29 is 53.7 Å². The average molecular weight is 1670 g/mol. The van der Waals surface area contributed by atoms with Gasteiger partial charge in [-0.25, -0.2) is 23.1 Å². The summed E-state index contributed by atoms with van der Waals surface area (Å²) in [5.74, 6) is 5.27. The molecule has 0 amide bonds. The van der Waals surface area contributed by atoms with Crippen molar-refractivity contribution in [1.29, 1.82) is 0 Å². The topological polar surface area (TPSA) is 520 Å². The molecular formula is C57H63Br2N19O21S5. The quantitative estimate of drug-likeness (QED) is 0.0474. The molecular weight excluding hydrogens is 1610 g/mol. The summed E-state index contributed by atoms with van der Waals surface area (Å²) in [6.45, 7) is 30.5. The largest absolute Gasteiger partial charge is 0.435 e. The minimum atomic E-state index is -0.562. The molecule has 10 aromatic heterocycles. The summed E-state index contributed by atoms with van der Waals surface area (Å²) >= 11 is 12.0. The van der Waals surface area contributed by atoms with Crippen molar-refractivity contribution in [3.63, 3.8) is 0 Å². The number of nitro groups is 10. The first kappa shape index (κ1) is 90.6. The zero-order chi connectivity index (χ0) is 79.9. The first-order chi connectivity index (χ1) is 48.4. The molecule has 47 heteroatoms. The lowest BCUT2D eigenvalue weighted by Crippen LogP contribution is -2.04. The van der Waals surface area contributed by atoms with Gasteiger partial charge in [0.05, 0.1) is 64.9 Å². The van der Waals surface area contributed by atoms with Crippen LogP contribution in [-0.2, 0) is 27.7 Å². The fraction of sp³-hybridized carbons (Fsp3) is 0.316. The number of imidazole rings is 4. The van der Waals surface area contributed by atoms with Gasteiger partial charge < -0.3 is 44.9 Å². The number of halogens is 2. The third-order valence-electron chi connectivity index (χ3n) is 12.1.